The van der Waals surface area contributed by atoms with Gasteiger partial charge in [-0.2, -0.15) is 0 Å². The van der Waals surface area contributed by atoms with Crippen LogP contribution in [0.25, 0.3) is 0 Å². The summed E-state index contributed by atoms with van der Waals surface area (Å²) in [4.78, 5) is 53.0. The largest absolute Gasteiger partial charge is 0.472 e. The Morgan fingerprint density at radius 1 is 0.656 bits per heavy atom. The van der Waals surface area contributed by atoms with Crippen molar-refractivity contribution in [3.05, 3.63) is 72.9 Å². The van der Waals surface area contributed by atoms with Gasteiger partial charge in [-0.15, -0.1) is 0 Å². The third-order valence-corrected chi connectivity index (χ3v) is 11.6. The molecule has 0 aromatic heterocycles. The van der Waals surface area contributed by atoms with Crippen LogP contribution >= 0.6 is 15.6 Å². The van der Waals surface area contributed by atoms with Gasteiger partial charge in [-0.25, -0.2) is 9.13 Å². The number of unbranched alkanes of at least 4 members (excludes halogenated alkanes) is 8. The minimum absolute atomic E-state index is 0.0244. The highest BCUT2D eigenvalue weighted by atomic mass is 31.2. The first-order chi connectivity index (χ1) is 30.6. The van der Waals surface area contributed by atoms with E-state index in [1.807, 2.05) is 0 Å². The number of aliphatic hydroxyl groups excluding tert-OH is 4. The zero-order chi connectivity index (χ0) is 47.5. The van der Waals surface area contributed by atoms with Crippen molar-refractivity contribution < 1.29 is 76.9 Å². The second kappa shape index (κ2) is 36.5. The summed E-state index contributed by atoms with van der Waals surface area (Å²) >= 11 is 0. The van der Waals surface area contributed by atoms with Crippen molar-refractivity contribution in [1.82, 2.24) is 0 Å². The highest BCUT2D eigenvalue weighted by molar-refractivity contribution is 7.47. The van der Waals surface area contributed by atoms with Crippen LogP contribution in [0.2, 0.25) is 0 Å². The zero-order valence-corrected chi connectivity index (χ0v) is 39.7. The topological polar surface area (TPSA) is 256 Å². The van der Waals surface area contributed by atoms with Gasteiger partial charge in [0.25, 0.3) is 0 Å². The molecule has 1 saturated carbocycles. The normalized spacial score (nSPS) is 21.0. The summed E-state index contributed by atoms with van der Waals surface area (Å²) in [5.74, 6) is -2.09. The third-order valence-electron chi connectivity index (χ3n) is 10.2. The molecule has 0 saturated heterocycles. The van der Waals surface area contributed by atoms with Crippen molar-refractivity contribution in [3.63, 3.8) is 0 Å². The van der Waals surface area contributed by atoms with E-state index < -0.39 is 84.5 Å². The third kappa shape index (κ3) is 33.0. The smallest absolute Gasteiger partial charge is 0.461 e. The van der Waals surface area contributed by atoms with Crippen LogP contribution in [0.15, 0.2) is 72.9 Å². The van der Waals surface area contributed by atoms with E-state index in [-0.39, 0.29) is 31.1 Å². The van der Waals surface area contributed by atoms with Gasteiger partial charge in [-0.3, -0.25) is 23.2 Å². The second-order valence-electron chi connectivity index (χ2n) is 16.0. The summed E-state index contributed by atoms with van der Waals surface area (Å²) in [7, 11) is -9.81. The van der Waals surface area contributed by atoms with E-state index in [2.05, 4.69) is 71.5 Å². The van der Waals surface area contributed by atoms with Gasteiger partial charge in [0.05, 0.1) is 44.6 Å². The predicted molar refractivity (Wildman–Crippen MR) is 245 cm³/mol. The highest BCUT2D eigenvalue weighted by Gasteiger charge is 2.39. The molecule has 1 rings (SSSR count). The van der Waals surface area contributed by atoms with Crippen molar-refractivity contribution in [2.75, 3.05) is 26.4 Å². The average Bonchev–Trinajstić information content (AvgIpc) is 3.52. The van der Waals surface area contributed by atoms with Crippen LogP contribution in [-0.4, -0.2) is 104 Å². The van der Waals surface area contributed by atoms with Crippen LogP contribution in [0.5, 0.6) is 0 Å². The molecular formula is C46H78O16P2. The molecule has 1 aliphatic rings. The number of rotatable bonds is 38. The summed E-state index contributed by atoms with van der Waals surface area (Å²) in [5, 5.41) is 41.1. The van der Waals surface area contributed by atoms with Crippen molar-refractivity contribution in [2.24, 2.45) is 11.8 Å². The SMILES string of the molecule is CCCCC/C=C\C/C=C\C/C=C\C/C=C\CCCCCC(=O)O[C@H](COC(=O)C/C=C\C[C@H]1[C@@H](/C=C/[C@H](O)CCCCC)[C@H](O)C[C@@H]1O)COP(=O)(O)OC[C@@H](O)COP(=O)(O)O. The number of carbonyl (C=O) groups is 2. The molecule has 368 valence electrons. The molecule has 0 heterocycles. The van der Waals surface area contributed by atoms with Crippen LogP contribution in [0.1, 0.15) is 136 Å². The van der Waals surface area contributed by atoms with Gasteiger partial charge >= 0.3 is 27.6 Å². The summed E-state index contributed by atoms with van der Waals surface area (Å²) in [6, 6.07) is 0. The molecule has 1 unspecified atom stereocenters. The van der Waals surface area contributed by atoms with Crippen LogP contribution in [0, 0.1) is 11.8 Å². The molecule has 7 N–H and O–H groups in total. The van der Waals surface area contributed by atoms with E-state index in [1.165, 1.54) is 25.3 Å². The van der Waals surface area contributed by atoms with Crippen LogP contribution in [0.4, 0.5) is 0 Å². The monoisotopic (exact) mass is 948 g/mol. The molecule has 8 atom stereocenters. The molecular weight excluding hydrogens is 870 g/mol. The summed E-state index contributed by atoms with van der Waals surface area (Å²) in [5.41, 5.74) is 0. The summed E-state index contributed by atoms with van der Waals surface area (Å²) in [6.45, 7) is 1.21. The van der Waals surface area contributed by atoms with Crippen molar-refractivity contribution >= 4 is 27.6 Å². The number of allylic oxidation sites excluding steroid dienone is 9. The molecule has 1 fully saturated rings. The van der Waals surface area contributed by atoms with Gasteiger partial charge in [0.15, 0.2) is 6.10 Å². The Morgan fingerprint density at radius 3 is 1.86 bits per heavy atom. The van der Waals surface area contributed by atoms with Crippen LogP contribution < -0.4 is 0 Å². The molecule has 64 heavy (non-hydrogen) atoms. The Hall–Kier alpha value is -2.56. The Labute approximate surface area is 381 Å². The van der Waals surface area contributed by atoms with Gasteiger partial charge in [0.1, 0.15) is 12.7 Å². The summed E-state index contributed by atoms with van der Waals surface area (Å²) in [6.07, 6.45) is 33.1. The summed E-state index contributed by atoms with van der Waals surface area (Å²) < 4.78 is 47.7. The molecule has 0 aromatic carbocycles. The lowest BCUT2D eigenvalue weighted by atomic mass is 9.89. The van der Waals surface area contributed by atoms with E-state index in [4.69, 9.17) is 23.8 Å². The van der Waals surface area contributed by atoms with Crippen LogP contribution in [0.3, 0.4) is 0 Å². The molecule has 0 aliphatic heterocycles. The average molecular weight is 949 g/mol. The maximum atomic E-state index is 12.7. The van der Waals surface area contributed by atoms with Crippen LogP contribution in [-0.2, 0) is 41.8 Å². The maximum absolute atomic E-state index is 12.7. The number of aliphatic hydroxyl groups is 4. The lowest BCUT2D eigenvalue weighted by molar-refractivity contribution is -0.160. The fraction of sp³-hybridized carbons (Fsp3) is 0.696. The molecule has 0 spiro atoms. The zero-order valence-electron chi connectivity index (χ0n) is 37.9. The Morgan fingerprint density at radius 2 is 1.23 bits per heavy atom. The number of carbonyl (C=O) groups excluding carboxylic acids is 2. The molecule has 0 bridgehead atoms. The van der Waals surface area contributed by atoms with Gasteiger partial charge in [0, 0.05) is 18.8 Å². The van der Waals surface area contributed by atoms with Gasteiger partial charge < -0.3 is 44.6 Å². The minimum Gasteiger partial charge on any atom is -0.461 e. The quantitative estimate of drug-likeness (QED) is 0.0133. The molecule has 0 amide bonds. The van der Waals surface area contributed by atoms with E-state index in [0.717, 1.165) is 64.2 Å². The van der Waals surface area contributed by atoms with E-state index in [9.17, 15) is 44.0 Å². The number of phosphoric ester groups is 2. The number of hydrogen-bond donors (Lipinski definition) is 7. The number of phosphoric acid groups is 2. The molecule has 0 aromatic rings. The number of hydrogen-bond acceptors (Lipinski definition) is 13. The van der Waals surface area contributed by atoms with Gasteiger partial charge in [-0.05, 0) is 70.1 Å². The highest BCUT2D eigenvalue weighted by Crippen LogP contribution is 2.44. The van der Waals surface area contributed by atoms with Crippen molar-refractivity contribution in [2.45, 2.75) is 166 Å². The Kier molecular flexibility index (Phi) is 34.0. The molecule has 16 nitrogen and oxygen atoms in total. The standard InChI is InChI=1S/C46H78O16P2/c1-3-5-7-8-9-10-11-12-13-14-15-16-17-18-19-20-21-22-24-30-46(52)62-40(37-61-64(56,57)60-35-39(48)34-59-63(53,54)55)36-58-45(51)29-26-25-28-41-42(44(50)33-43(41)49)32-31-38(47)27-23-6-4-2/h9-10,12-13,15-16,18-19,25-26,31-32,38-44,47-50H,3-8,11,14,17,20-24,27-30,33-37H2,1-2H3,(H,56,57)(H2,53,54,55)/b10-9-,13-12-,16-15-,19-18-,26-25-,32-31+/t38-,39+,40-,41+,42-,43+,44-/m1/s1. The van der Waals surface area contributed by atoms with Gasteiger partial charge in [0.2, 0.25) is 0 Å². The number of ether oxygens (including phenoxy) is 2. The minimum atomic E-state index is -4.91. The predicted octanol–water partition coefficient (Wildman–Crippen LogP) is 8.16. The first-order valence-corrected chi connectivity index (χ1v) is 25.9. The van der Waals surface area contributed by atoms with Gasteiger partial charge in [-0.1, -0.05) is 125 Å². The Balaban J connectivity index is 2.62. The number of esters is 2. The van der Waals surface area contributed by atoms with E-state index >= 15 is 0 Å². The Bertz CT molecular complexity index is 1520. The molecule has 18 heteroatoms. The first kappa shape index (κ1) is 59.5. The maximum Gasteiger partial charge on any atom is 0.472 e. The van der Waals surface area contributed by atoms with Crippen molar-refractivity contribution in [1.29, 1.82) is 0 Å². The molecule has 1 aliphatic carbocycles. The lowest BCUT2D eigenvalue weighted by Gasteiger charge is -2.20. The van der Waals surface area contributed by atoms with E-state index in [0.29, 0.717) is 19.3 Å². The fourth-order valence-corrected chi connectivity index (χ4v) is 7.75. The fourth-order valence-electron chi connectivity index (χ4n) is 6.60. The lowest BCUT2D eigenvalue weighted by Crippen LogP contribution is -2.29. The first-order valence-electron chi connectivity index (χ1n) is 22.9. The van der Waals surface area contributed by atoms with E-state index in [1.54, 1.807) is 18.2 Å². The van der Waals surface area contributed by atoms with Crippen molar-refractivity contribution in [3.8, 4) is 0 Å². The second-order valence-corrected chi connectivity index (χ2v) is 18.6. The molecule has 0 radical (unpaired) electrons.